The third-order valence-corrected chi connectivity index (χ3v) is 5.54. The highest BCUT2D eigenvalue weighted by Crippen LogP contribution is 2.24. The number of likely N-dealkylation sites (tertiary alicyclic amines) is 1. The maximum Gasteiger partial charge on any atom is 0.124 e. The zero-order chi connectivity index (χ0) is 17.9. The van der Waals surface area contributed by atoms with E-state index in [1.165, 1.54) is 5.56 Å². The molecule has 1 aliphatic rings. The predicted octanol–water partition coefficient (Wildman–Crippen LogP) is 3.94. The van der Waals surface area contributed by atoms with Crippen LogP contribution in [0, 0.1) is 5.92 Å². The summed E-state index contributed by atoms with van der Waals surface area (Å²) >= 11 is 6.18. The van der Waals surface area contributed by atoms with E-state index in [4.69, 9.17) is 16.6 Å². The first-order valence-corrected chi connectivity index (χ1v) is 9.62. The summed E-state index contributed by atoms with van der Waals surface area (Å²) in [5.74, 6) is 1.53. The van der Waals surface area contributed by atoms with Crippen LogP contribution in [0.1, 0.15) is 24.2 Å². The highest BCUT2D eigenvalue weighted by molar-refractivity contribution is 6.31. The molecule has 0 atom stereocenters. The van der Waals surface area contributed by atoms with Crippen molar-refractivity contribution in [3.8, 4) is 0 Å². The van der Waals surface area contributed by atoms with Gasteiger partial charge in [0, 0.05) is 18.2 Å². The molecule has 1 fully saturated rings. The predicted molar refractivity (Wildman–Crippen MR) is 105 cm³/mol. The summed E-state index contributed by atoms with van der Waals surface area (Å²) in [6.45, 7) is 3.97. The molecule has 4 nitrogen and oxygen atoms in total. The Kier molecular flexibility index (Phi) is 5.25. The van der Waals surface area contributed by atoms with E-state index in [9.17, 15) is 5.11 Å². The minimum Gasteiger partial charge on any atom is -0.396 e. The lowest BCUT2D eigenvalue weighted by atomic mass is 9.98. The van der Waals surface area contributed by atoms with Gasteiger partial charge in [0.15, 0.2) is 0 Å². The van der Waals surface area contributed by atoms with E-state index < -0.39 is 0 Å². The van der Waals surface area contributed by atoms with Crippen molar-refractivity contribution in [2.45, 2.75) is 25.9 Å². The molecule has 0 spiro atoms. The molecule has 5 heteroatoms. The van der Waals surface area contributed by atoms with Gasteiger partial charge in [-0.15, -0.1) is 0 Å². The summed E-state index contributed by atoms with van der Waals surface area (Å²) in [6.07, 6.45) is 2.11. The number of fused-ring (bicyclic) bond motifs is 1. The lowest BCUT2D eigenvalue weighted by Crippen LogP contribution is -2.35. The van der Waals surface area contributed by atoms with Gasteiger partial charge in [-0.25, -0.2) is 4.98 Å². The Morgan fingerprint density at radius 2 is 1.81 bits per heavy atom. The van der Waals surface area contributed by atoms with Crippen molar-refractivity contribution in [1.29, 1.82) is 0 Å². The highest BCUT2D eigenvalue weighted by Gasteiger charge is 2.21. The lowest BCUT2D eigenvalue weighted by Gasteiger charge is -2.30. The van der Waals surface area contributed by atoms with Gasteiger partial charge < -0.3 is 9.67 Å². The first-order valence-electron chi connectivity index (χ1n) is 9.25. The second kappa shape index (κ2) is 7.78. The number of hydrogen-bond acceptors (Lipinski definition) is 3. The number of aliphatic hydroxyl groups is 1. The Hall–Kier alpha value is -1.88. The fraction of sp³-hybridized carbons (Fsp3) is 0.381. The zero-order valence-corrected chi connectivity index (χ0v) is 15.6. The van der Waals surface area contributed by atoms with E-state index >= 15 is 0 Å². The number of hydrogen-bond donors (Lipinski definition) is 1. The van der Waals surface area contributed by atoms with E-state index in [1.807, 2.05) is 18.2 Å². The molecule has 0 bridgehead atoms. The molecule has 1 saturated heterocycles. The topological polar surface area (TPSA) is 41.3 Å². The van der Waals surface area contributed by atoms with E-state index in [0.717, 1.165) is 60.9 Å². The number of halogens is 1. The molecule has 0 radical (unpaired) electrons. The number of nitrogens with zero attached hydrogens (tertiary/aromatic N) is 3. The van der Waals surface area contributed by atoms with Crippen LogP contribution in [0.2, 0.25) is 5.02 Å². The van der Waals surface area contributed by atoms with E-state index in [-0.39, 0.29) is 0 Å². The Morgan fingerprint density at radius 1 is 1.04 bits per heavy atom. The van der Waals surface area contributed by atoms with Gasteiger partial charge in [0.2, 0.25) is 0 Å². The minimum absolute atomic E-state index is 0.304. The van der Waals surface area contributed by atoms with E-state index in [2.05, 4.69) is 39.8 Å². The van der Waals surface area contributed by atoms with Gasteiger partial charge in [-0.2, -0.15) is 0 Å². The number of aromatic nitrogens is 2. The molecular formula is C21H24ClN3O. The Morgan fingerprint density at radius 3 is 2.54 bits per heavy atom. The molecular weight excluding hydrogens is 346 g/mol. The quantitative estimate of drug-likeness (QED) is 0.740. The summed E-state index contributed by atoms with van der Waals surface area (Å²) in [4.78, 5) is 7.33. The maximum atomic E-state index is 9.35. The molecule has 1 N–H and O–H groups in total. The van der Waals surface area contributed by atoms with Crippen molar-refractivity contribution in [3.05, 3.63) is 64.9 Å². The summed E-state index contributed by atoms with van der Waals surface area (Å²) in [7, 11) is 0. The van der Waals surface area contributed by atoms with Crippen LogP contribution < -0.4 is 0 Å². The molecule has 0 aliphatic carbocycles. The molecule has 0 amide bonds. The van der Waals surface area contributed by atoms with Crippen LogP contribution in [-0.2, 0) is 13.1 Å². The van der Waals surface area contributed by atoms with Crippen LogP contribution in [0.15, 0.2) is 48.5 Å². The van der Waals surface area contributed by atoms with Gasteiger partial charge in [0.05, 0.1) is 17.6 Å². The van der Waals surface area contributed by atoms with Crippen LogP contribution in [-0.4, -0.2) is 39.3 Å². The standard InChI is InChI=1S/C21H24ClN3O/c22-18-6-7-20-19(12-18)23-21(14-24-10-8-17(15-26)9-11-24)25(20)13-16-4-2-1-3-5-16/h1-7,12,17,26H,8-11,13-15H2. The molecule has 2 heterocycles. The van der Waals surface area contributed by atoms with Gasteiger partial charge in [-0.05, 0) is 55.6 Å². The van der Waals surface area contributed by atoms with Crippen molar-refractivity contribution in [2.75, 3.05) is 19.7 Å². The molecule has 4 rings (SSSR count). The van der Waals surface area contributed by atoms with Crippen LogP contribution in [0.5, 0.6) is 0 Å². The Bertz CT molecular complexity index is 870. The molecule has 1 aliphatic heterocycles. The van der Waals surface area contributed by atoms with Crippen molar-refractivity contribution in [1.82, 2.24) is 14.5 Å². The summed E-state index contributed by atoms with van der Waals surface area (Å²) < 4.78 is 2.30. The van der Waals surface area contributed by atoms with Crippen LogP contribution in [0.25, 0.3) is 11.0 Å². The summed E-state index contributed by atoms with van der Waals surface area (Å²) in [5.41, 5.74) is 3.34. The van der Waals surface area contributed by atoms with Gasteiger partial charge in [-0.3, -0.25) is 4.90 Å². The van der Waals surface area contributed by atoms with Crippen LogP contribution >= 0.6 is 11.6 Å². The number of imidazole rings is 1. The van der Waals surface area contributed by atoms with E-state index in [0.29, 0.717) is 12.5 Å². The maximum absolute atomic E-state index is 9.35. The first-order chi connectivity index (χ1) is 12.7. The molecule has 26 heavy (non-hydrogen) atoms. The Balaban J connectivity index is 1.63. The van der Waals surface area contributed by atoms with Gasteiger partial charge >= 0.3 is 0 Å². The lowest BCUT2D eigenvalue weighted by molar-refractivity contribution is 0.125. The molecule has 2 aromatic carbocycles. The SMILES string of the molecule is OCC1CCN(Cc2nc3cc(Cl)ccc3n2Cc2ccccc2)CC1. The number of rotatable bonds is 5. The average molecular weight is 370 g/mol. The molecule has 0 saturated carbocycles. The smallest absolute Gasteiger partial charge is 0.124 e. The van der Waals surface area contributed by atoms with Gasteiger partial charge in [0.1, 0.15) is 5.82 Å². The van der Waals surface area contributed by atoms with Crippen molar-refractivity contribution >= 4 is 22.6 Å². The Labute approximate surface area is 159 Å². The van der Waals surface area contributed by atoms with Crippen molar-refractivity contribution < 1.29 is 5.11 Å². The van der Waals surface area contributed by atoms with Crippen molar-refractivity contribution in [3.63, 3.8) is 0 Å². The fourth-order valence-corrected chi connectivity index (χ4v) is 3.91. The third kappa shape index (κ3) is 3.78. The fourth-order valence-electron chi connectivity index (χ4n) is 3.74. The minimum atomic E-state index is 0.304. The molecule has 136 valence electrons. The summed E-state index contributed by atoms with van der Waals surface area (Å²) in [6, 6.07) is 16.4. The molecule has 0 unspecified atom stereocenters. The molecule has 3 aromatic rings. The number of aliphatic hydroxyl groups excluding tert-OH is 1. The number of piperidine rings is 1. The van der Waals surface area contributed by atoms with Gasteiger partial charge in [0.25, 0.3) is 0 Å². The largest absolute Gasteiger partial charge is 0.396 e. The van der Waals surface area contributed by atoms with Crippen LogP contribution in [0.4, 0.5) is 0 Å². The third-order valence-electron chi connectivity index (χ3n) is 5.30. The summed E-state index contributed by atoms with van der Waals surface area (Å²) in [5, 5.41) is 10.1. The van der Waals surface area contributed by atoms with Gasteiger partial charge in [-0.1, -0.05) is 41.9 Å². The second-order valence-electron chi connectivity index (χ2n) is 7.13. The number of benzene rings is 2. The second-order valence-corrected chi connectivity index (χ2v) is 7.57. The normalized spacial score (nSPS) is 16.4. The highest BCUT2D eigenvalue weighted by atomic mass is 35.5. The molecule has 1 aromatic heterocycles. The van der Waals surface area contributed by atoms with Crippen molar-refractivity contribution in [2.24, 2.45) is 5.92 Å². The first kappa shape index (κ1) is 17.5. The van der Waals surface area contributed by atoms with Crippen LogP contribution in [0.3, 0.4) is 0 Å². The average Bonchev–Trinajstić information content (AvgIpc) is 2.99. The zero-order valence-electron chi connectivity index (χ0n) is 14.8. The van der Waals surface area contributed by atoms with E-state index in [1.54, 1.807) is 0 Å². The monoisotopic (exact) mass is 369 g/mol.